The lowest BCUT2D eigenvalue weighted by atomic mass is 10.1. The maximum atomic E-state index is 12.9. The summed E-state index contributed by atoms with van der Waals surface area (Å²) in [6.45, 7) is 3.77. The number of hydrogen-bond donors (Lipinski definition) is 0. The Morgan fingerprint density at radius 3 is 2.67 bits per heavy atom. The Morgan fingerprint density at radius 1 is 1.33 bits per heavy atom. The number of halogens is 1. The molecule has 2 rings (SSSR count). The van der Waals surface area contributed by atoms with Crippen LogP contribution in [-0.2, 0) is 23.1 Å². The average molecular weight is 227 g/mol. The van der Waals surface area contributed by atoms with Crippen molar-refractivity contribution in [2.24, 2.45) is 0 Å². The standard InChI is InChI=1S/C10H10FNO2S/c1-2-15(13,14)12-6-8-3-4-10(11)5-9(8)7-12/h2-5H,1,6-7H2. The summed E-state index contributed by atoms with van der Waals surface area (Å²) in [5, 5.41) is 0.912. The fourth-order valence-electron chi connectivity index (χ4n) is 1.62. The summed E-state index contributed by atoms with van der Waals surface area (Å²) >= 11 is 0. The predicted molar refractivity (Wildman–Crippen MR) is 54.8 cm³/mol. The molecule has 0 saturated carbocycles. The van der Waals surface area contributed by atoms with Gasteiger partial charge >= 0.3 is 0 Å². The minimum Gasteiger partial charge on any atom is -0.208 e. The van der Waals surface area contributed by atoms with Gasteiger partial charge in [-0.05, 0) is 23.3 Å². The van der Waals surface area contributed by atoms with Crippen LogP contribution in [0.15, 0.2) is 30.2 Å². The van der Waals surface area contributed by atoms with Crippen LogP contribution in [0.2, 0.25) is 0 Å². The molecule has 0 N–H and O–H groups in total. The van der Waals surface area contributed by atoms with Gasteiger partial charge in [0.25, 0.3) is 0 Å². The van der Waals surface area contributed by atoms with Crippen LogP contribution in [0.4, 0.5) is 4.39 Å². The van der Waals surface area contributed by atoms with Crippen LogP contribution in [-0.4, -0.2) is 12.7 Å². The van der Waals surface area contributed by atoms with Gasteiger partial charge in [0.05, 0.1) is 0 Å². The minimum absolute atomic E-state index is 0.224. The van der Waals surface area contributed by atoms with Gasteiger partial charge in [-0.3, -0.25) is 0 Å². The lowest BCUT2D eigenvalue weighted by Crippen LogP contribution is -2.22. The Bertz CT molecular complexity index is 510. The van der Waals surface area contributed by atoms with Crippen molar-refractivity contribution >= 4 is 10.0 Å². The van der Waals surface area contributed by atoms with Crippen molar-refractivity contribution in [1.29, 1.82) is 0 Å². The number of hydrogen-bond acceptors (Lipinski definition) is 2. The summed E-state index contributed by atoms with van der Waals surface area (Å²) in [5.74, 6) is -0.341. The first-order valence-electron chi connectivity index (χ1n) is 4.43. The molecule has 3 nitrogen and oxygen atoms in total. The normalized spacial score (nSPS) is 16.3. The van der Waals surface area contributed by atoms with E-state index in [0.29, 0.717) is 6.54 Å². The first kappa shape index (κ1) is 10.3. The maximum Gasteiger partial charge on any atom is 0.236 e. The third kappa shape index (κ3) is 1.80. The van der Waals surface area contributed by atoms with E-state index in [4.69, 9.17) is 0 Å². The maximum absolute atomic E-state index is 12.9. The van der Waals surface area contributed by atoms with Crippen molar-refractivity contribution in [3.8, 4) is 0 Å². The van der Waals surface area contributed by atoms with Gasteiger partial charge in [0.2, 0.25) is 10.0 Å². The van der Waals surface area contributed by atoms with Crippen molar-refractivity contribution in [1.82, 2.24) is 4.31 Å². The molecule has 1 heterocycles. The van der Waals surface area contributed by atoms with Crippen molar-refractivity contribution < 1.29 is 12.8 Å². The van der Waals surface area contributed by atoms with Crippen molar-refractivity contribution in [2.75, 3.05) is 0 Å². The summed E-state index contributed by atoms with van der Waals surface area (Å²) in [7, 11) is -3.40. The Hall–Kier alpha value is -1.20. The second-order valence-electron chi connectivity index (χ2n) is 3.39. The molecule has 1 aromatic rings. The molecule has 1 aliphatic rings. The summed E-state index contributed by atoms with van der Waals surface area (Å²) in [6, 6.07) is 4.32. The Balaban J connectivity index is 2.34. The minimum atomic E-state index is -3.40. The Morgan fingerprint density at radius 2 is 2.00 bits per heavy atom. The summed E-state index contributed by atoms with van der Waals surface area (Å²) in [5.41, 5.74) is 1.57. The molecule has 15 heavy (non-hydrogen) atoms. The SMILES string of the molecule is C=CS(=O)(=O)N1Cc2ccc(F)cc2C1. The van der Waals surface area contributed by atoms with E-state index < -0.39 is 10.0 Å². The van der Waals surface area contributed by atoms with E-state index >= 15 is 0 Å². The molecular formula is C10H10FNO2S. The van der Waals surface area contributed by atoms with Gasteiger partial charge in [0, 0.05) is 18.5 Å². The van der Waals surface area contributed by atoms with Crippen molar-refractivity contribution in [2.45, 2.75) is 13.1 Å². The molecule has 0 spiro atoms. The van der Waals surface area contributed by atoms with E-state index in [-0.39, 0.29) is 12.4 Å². The van der Waals surface area contributed by atoms with E-state index in [9.17, 15) is 12.8 Å². The Kier molecular flexibility index (Phi) is 2.36. The topological polar surface area (TPSA) is 37.4 Å². The highest BCUT2D eigenvalue weighted by Crippen LogP contribution is 2.26. The van der Waals surface area contributed by atoms with Gasteiger partial charge in [0.15, 0.2) is 0 Å². The lowest BCUT2D eigenvalue weighted by molar-refractivity contribution is 0.439. The first-order chi connectivity index (χ1) is 7.03. The van der Waals surface area contributed by atoms with Crippen LogP contribution in [0.3, 0.4) is 0 Å². The predicted octanol–water partition coefficient (Wildman–Crippen LogP) is 1.61. The number of fused-ring (bicyclic) bond motifs is 1. The quantitative estimate of drug-likeness (QED) is 0.769. The summed E-state index contributed by atoms with van der Waals surface area (Å²) in [6.07, 6.45) is 0. The second kappa shape index (κ2) is 3.43. The number of sulfonamides is 1. The van der Waals surface area contributed by atoms with Crippen molar-refractivity contribution in [3.63, 3.8) is 0 Å². The molecule has 0 amide bonds. The third-order valence-electron chi connectivity index (χ3n) is 2.43. The number of benzene rings is 1. The fraction of sp³-hybridized carbons (Fsp3) is 0.200. The van der Waals surface area contributed by atoms with Gasteiger partial charge in [-0.15, -0.1) is 0 Å². The highest BCUT2D eigenvalue weighted by atomic mass is 32.2. The van der Waals surface area contributed by atoms with Gasteiger partial charge in [-0.1, -0.05) is 12.6 Å². The third-order valence-corrected chi connectivity index (χ3v) is 3.83. The van der Waals surface area contributed by atoms with Crippen LogP contribution in [0, 0.1) is 5.82 Å². The molecule has 0 radical (unpaired) electrons. The number of rotatable bonds is 2. The van der Waals surface area contributed by atoms with Gasteiger partial charge in [-0.25, -0.2) is 12.8 Å². The molecule has 0 fully saturated rings. The first-order valence-corrected chi connectivity index (χ1v) is 5.93. The van der Waals surface area contributed by atoms with Crippen LogP contribution >= 0.6 is 0 Å². The van der Waals surface area contributed by atoms with Gasteiger partial charge in [-0.2, -0.15) is 4.31 Å². The van der Waals surface area contributed by atoms with E-state index in [1.165, 1.54) is 16.4 Å². The average Bonchev–Trinajstić information content (AvgIpc) is 2.61. The largest absolute Gasteiger partial charge is 0.236 e. The zero-order valence-corrected chi connectivity index (χ0v) is 8.80. The highest BCUT2D eigenvalue weighted by molar-refractivity contribution is 7.91. The molecule has 1 aliphatic heterocycles. The van der Waals surface area contributed by atoms with Gasteiger partial charge in [0.1, 0.15) is 5.82 Å². The molecule has 0 atom stereocenters. The van der Waals surface area contributed by atoms with Gasteiger partial charge < -0.3 is 0 Å². The van der Waals surface area contributed by atoms with Crippen LogP contribution < -0.4 is 0 Å². The number of nitrogens with zero attached hydrogens (tertiary/aromatic N) is 1. The zero-order valence-electron chi connectivity index (χ0n) is 7.98. The molecule has 5 heteroatoms. The molecule has 0 unspecified atom stereocenters. The molecule has 1 aromatic carbocycles. The highest BCUT2D eigenvalue weighted by Gasteiger charge is 2.26. The monoisotopic (exact) mass is 227 g/mol. The van der Waals surface area contributed by atoms with E-state index in [0.717, 1.165) is 16.5 Å². The molecular weight excluding hydrogens is 217 g/mol. The van der Waals surface area contributed by atoms with Crippen LogP contribution in [0.25, 0.3) is 0 Å². The molecule has 0 aliphatic carbocycles. The van der Waals surface area contributed by atoms with Crippen LogP contribution in [0.1, 0.15) is 11.1 Å². The Labute approximate surface area is 87.9 Å². The lowest BCUT2D eigenvalue weighted by Gasteiger charge is -2.11. The molecule has 0 bridgehead atoms. The van der Waals surface area contributed by atoms with E-state index in [2.05, 4.69) is 6.58 Å². The summed E-state index contributed by atoms with van der Waals surface area (Å²) in [4.78, 5) is 0. The van der Waals surface area contributed by atoms with Crippen molar-refractivity contribution in [3.05, 3.63) is 47.1 Å². The molecule has 0 saturated heterocycles. The summed E-state index contributed by atoms with van der Waals surface area (Å²) < 4.78 is 37.1. The smallest absolute Gasteiger partial charge is 0.208 e. The van der Waals surface area contributed by atoms with E-state index in [1.807, 2.05) is 0 Å². The van der Waals surface area contributed by atoms with E-state index in [1.54, 1.807) is 6.07 Å². The van der Waals surface area contributed by atoms with Crippen LogP contribution in [0.5, 0.6) is 0 Å². The second-order valence-corrected chi connectivity index (χ2v) is 5.27. The molecule has 0 aromatic heterocycles. The fourth-order valence-corrected chi connectivity index (χ4v) is 2.47. The molecule has 80 valence electrons. The zero-order chi connectivity index (χ0) is 11.1.